The summed E-state index contributed by atoms with van der Waals surface area (Å²) in [6.45, 7) is 8.70. The zero-order chi connectivity index (χ0) is 22.1. The first-order valence-electron chi connectivity index (χ1n) is 10.7. The van der Waals surface area contributed by atoms with E-state index in [0.29, 0.717) is 24.1 Å². The maximum atomic E-state index is 10.3. The summed E-state index contributed by atoms with van der Waals surface area (Å²) in [5.74, 6) is 1.32. The van der Waals surface area contributed by atoms with E-state index in [1.54, 1.807) is 7.11 Å². The van der Waals surface area contributed by atoms with Gasteiger partial charge >= 0.3 is 0 Å². The average molecular weight is 419 g/mol. The van der Waals surface area contributed by atoms with Gasteiger partial charge in [0.2, 0.25) is 0 Å². The topological polar surface area (TPSA) is 73.9 Å². The first-order valence-corrected chi connectivity index (χ1v) is 10.7. The van der Waals surface area contributed by atoms with Gasteiger partial charge in [-0.1, -0.05) is 19.4 Å². The van der Waals surface area contributed by atoms with E-state index in [9.17, 15) is 5.11 Å². The Labute approximate surface area is 181 Å². The molecule has 0 aliphatic heterocycles. The van der Waals surface area contributed by atoms with E-state index in [1.165, 1.54) is 0 Å². The molecule has 0 bridgehead atoms. The number of ether oxygens (including phenoxy) is 2. The van der Waals surface area contributed by atoms with Crippen LogP contribution < -0.4 is 9.47 Å². The monoisotopic (exact) mass is 418 g/mol. The molecular formula is C23H38N4O3. The highest BCUT2D eigenvalue weighted by atomic mass is 16.5. The lowest BCUT2D eigenvalue weighted by molar-refractivity contribution is 0.0668. The summed E-state index contributed by atoms with van der Waals surface area (Å²) in [5, 5.41) is 17.8. The second-order valence-electron chi connectivity index (χ2n) is 8.29. The highest BCUT2D eigenvalue weighted by Crippen LogP contribution is 2.29. The maximum Gasteiger partial charge on any atom is 0.161 e. The maximum absolute atomic E-state index is 10.3. The molecule has 0 saturated carbocycles. The molecule has 0 saturated heterocycles. The van der Waals surface area contributed by atoms with Gasteiger partial charge in [-0.2, -0.15) is 5.10 Å². The molecule has 1 aromatic carbocycles. The molecule has 0 aliphatic carbocycles. The van der Waals surface area contributed by atoms with Gasteiger partial charge in [-0.15, -0.1) is 0 Å². The van der Waals surface area contributed by atoms with E-state index in [-0.39, 0.29) is 6.61 Å². The van der Waals surface area contributed by atoms with Crippen molar-refractivity contribution in [3.63, 3.8) is 0 Å². The molecule has 7 heteroatoms. The molecule has 0 radical (unpaired) electrons. The molecule has 168 valence electrons. The van der Waals surface area contributed by atoms with Crippen molar-refractivity contribution < 1.29 is 14.6 Å². The predicted octanol–water partition coefficient (Wildman–Crippen LogP) is 3.08. The average Bonchev–Trinajstić information content (AvgIpc) is 3.13. The van der Waals surface area contributed by atoms with Crippen LogP contribution in [0.3, 0.4) is 0 Å². The zero-order valence-electron chi connectivity index (χ0n) is 19.3. The lowest BCUT2D eigenvalue weighted by Crippen LogP contribution is -2.37. The predicted molar refractivity (Wildman–Crippen MR) is 120 cm³/mol. The quantitative estimate of drug-likeness (QED) is 0.521. The van der Waals surface area contributed by atoms with Crippen LogP contribution in [0.1, 0.15) is 44.1 Å². The molecule has 1 heterocycles. The molecule has 0 unspecified atom stereocenters. The number of H-pyrrole nitrogens is 1. The number of hydrogen-bond donors (Lipinski definition) is 2. The number of aromatic nitrogens is 2. The Hall–Kier alpha value is -2.09. The van der Waals surface area contributed by atoms with Crippen LogP contribution in [0.5, 0.6) is 11.5 Å². The summed E-state index contributed by atoms with van der Waals surface area (Å²) in [6, 6.07) is 8.46. The fourth-order valence-electron chi connectivity index (χ4n) is 3.25. The summed E-state index contributed by atoms with van der Waals surface area (Å²) in [7, 11) is 5.70. The van der Waals surface area contributed by atoms with Crippen LogP contribution in [0.2, 0.25) is 0 Å². The van der Waals surface area contributed by atoms with E-state index in [1.807, 2.05) is 25.2 Å². The van der Waals surface area contributed by atoms with Gasteiger partial charge in [-0.25, -0.2) is 0 Å². The van der Waals surface area contributed by atoms with Crippen LogP contribution in [0.25, 0.3) is 0 Å². The van der Waals surface area contributed by atoms with Gasteiger partial charge in [0.1, 0.15) is 12.7 Å². The van der Waals surface area contributed by atoms with E-state index in [4.69, 9.17) is 9.47 Å². The normalized spacial score (nSPS) is 12.7. The molecule has 0 spiro atoms. The molecular weight excluding hydrogens is 380 g/mol. The van der Waals surface area contributed by atoms with Gasteiger partial charge in [0, 0.05) is 31.4 Å². The smallest absolute Gasteiger partial charge is 0.161 e. The summed E-state index contributed by atoms with van der Waals surface area (Å²) < 4.78 is 11.3. The van der Waals surface area contributed by atoms with Gasteiger partial charge in [0.05, 0.1) is 12.8 Å². The van der Waals surface area contributed by atoms with Crippen LogP contribution in [0.4, 0.5) is 0 Å². The van der Waals surface area contributed by atoms with Gasteiger partial charge in [0.15, 0.2) is 11.5 Å². The second kappa shape index (κ2) is 11.9. The number of aliphatic hydroxyl groups is 1. The van der Waals surface area contributed by atoms with Crippen molar-refractivity contribution in [2.75, 3.05) is 34.4 Å². The van der Waals surface area contributed by atoms with Crippen molar-refractivity contribution in [2.24, 2.45) is 0 Å². The molecule has 2 aromatic rings. The number of aliphatic hydroxyl groups excluding tert-OH is 1. The van der Waals surface area contributed by atoms with E-state index >= 15 is 0 Å². The first-order chi connectivity index (χ1) is 14.3. The van der Waals surface area contributed by atoms with Gasteiger partial charge in [-0.05, 0) is 58.1 Å². The SMILES string of the molecule is CCCc1cc(CN(C)Cc2ccc(OC)c(OC[C@@H](O)CN(C)C(C)C)c2)[nH]n1. The minimum absolute atomic E-state index is 0.223. The summed E-state index contributed by atoms with van der Waals surface area (Å²) in [4.78, 5) is 4.32. The number of hydrogen-bond acceptors (Lipinski definition) is 6. The van der Waals surface area contributed by atoms with Crippen LogP contribution >= 0.6 is 0 Å². The Morgan fingerprint density at radius 2 is 1.90 bits per heavy atom. The molecule has 30 heavy (non-hydrogen) atoms. The van der Waals surface area contributed by atoms with Crippen LogP contribution in [0, 0.1) is 0 Å². The lowest BCUT2D eigenvalue weighted by atomic mass is 10.2. The summed E-state index contributed by atoms with van der Waals surface area (Å²) >= 11 is 0. The van der Waals surface area contributed by atoms with Crippen LogP contribution in [-0.4, -0.2) is 71.6 Å². The van der Waals surface area contributed by atoms with Crippen molar-refractivity contribution in [1.29, 1.82) is 0 Å². The van der Waals surface area contributed by atoms with Crippen molar-refractivity contribution in [1.82, 2.24) is 20.0 Å². The number of nitrogens with one attached hydrogen (secondary N) is 1. The third-order valence-electron chi connectivity index (χ3n) is 5.12. The molecule has 0 fully saturated rings. The summed E-state index contributed by atoms with van der Waals surface area (Å²) in [5.41, 5.74) is 3.35. The fraction of sp³-hybridized carbons (Fsp3) is 0.609. The molecule has 2 N–H and O–H groups in total. The largest absolute Gasteiger partial charge is 0.493 e. The molecule has 7 nitrogen and oxygen atoms in total. The van der Waals surface area contributed by atoms with E-state index < -0.39 is 6.10 Å². The number of aromatic amines is 1. The lowest BCUT2D eigenvalue weighted by Gasteiger charge is -2.24. The third kappa shape index (κ3) is 7.63. The number of benzene rings is 1. The number of likely N-dealkylation sites (N-methyl/N-ethyl adjacent to an activating group) is 1. The highest BCUT2D eigenvalue weighted by Gasteiger charge is 2.14. The number of nitrogens with zero attached hydrogens (tertiary/aromatic N) is 3. The van der Waals surface area contributed by atoms with Crippen molar-refractivity contribution in [3.8, 4) is 11.5 Å². The molecule has 2 rings (SSSR count). The van der Waals surface area contributed by atoms with Crippen molar-refractivity contribution >= 4 is 0 Å². The number of rotatable bonds is 13. The number of aryl methyl sites for hydroxylation is 1. The Bertz CT molecular complexity index is 763. The minimum Gasteiger partial charge on any atom is -0.493 e. The van der Waals surface area contributed by atoms with Crippen molar-refractivity contribution in [3.05, 3.63) is 41.2 Å². The highest BCUT2D eigenvalue weighted by molar-refractivity contribution is 5.43. The third-order valence-corrected chi connectivity index (χ3v) is 5.12. The molecule has 1 atom stereocenters. The zero-order valence-corrected chi connectivity index (χ0v) is 19.3. The standard InChI is InChI=1S/C23H38N4O3/c1-7-8-19-12-20(25-24-19)14-26(4)13-18-9-10-22(29-6)23(11-18)30-16-21(28)15-27(5)17(2)3/h9-12,17,21,28H,7-8,13-16H2,1-6H3,(H,24,25)/t21-/m0/s1. The fourth-order valence-corrected chi connectivity index (χ4v) is 3.25. The Morgan fingerprint density at radius 1 is 1.13 bits per heavy atom. The molecule has 0 aliphatic rings. The van der Waals surface area contributed by atoms with E-state index in [2.05, 4.69) is 53.9 Å². The van der Waals surface area contributed by atoms with Crippen LogP contribution in [-0.2, 0) is 19.5 Å². The van der Waals surface area contributed by atoms with Crippen LogP contribution in [0.15, 0.2) is 24.3 Å². The van der Waals surface area contributed by atoms with Crippen molar-refractivity contribution in [2.45, 2.75) is 58.8 Å². The van der Waals surface area contributed by atoms with Gasteiger partial charge < -0.3 is 19.5 Å². The minimum atomic E-state index is -0.564. The van der Waals surface area contributed by atoms with E-state index in [0.717, 1.165) is 42.9 Å². The Morgan fingerprint density at radius 3 is 2.57 bits per heavy atom. The first kappa shape index (κ1) is 24.2. The Balaban J connectivity index is 1.95. The van der Waals surface area contributed by atoms with Gasteiger partial charge in [0.25, 0.3) is 0 Å². The number of methoxy groups -OCH3 is 1. The molecule has 0 amide bonds. The molecule has 1 aromatic heterocycles. The summed E-state index contributed by atoms with van der Waals surface area (Å²) in [6.07, 6.45) is 1.53. The Kier molecular flexibility index (Phi) is 9.62. The second-order valence-corrected chi connectivity index (χ2v) is 8.29. The van der Waals surface area contributed by atoms with Gasteiger partial charge in [-0.3, -0.25) is 10.00 Å².